The molecule has 9 heavy (non-hydrogen) atoms. The van der Waals surface area contributed by atoms with Crippen molar-refractivity contribution in [3.05, 3.63) is 0 Å². The molecule has 0 aromatic rings. The van der Waals surface area contributed by atoms with Crippen molar-refractivity contribution in [1.82, 2.24) is 0 Å². The SMILES string of the molecule is O=[PH+]OC(O)C(Cl)(Cl)Cl. The minimum atomic E-state index is -1.93. The number of halogens is 3. The van der Waals surface area contributed by atoms with Gasteiger partial charge in [0.25, 0.3) is 6.29 Å². The normalized spacial score (nSPS) is 16.0. The van der Waals surface area contributed by atoms with Gasteiger partial charge >= 0.3 is 8.69 Å². The number of aliphatic hydroxyl groups excluding tert-OH is 1. The van der Waals surface area contributed by atoms with E-state index in [4.69, 9.17) is 39.9 Å². The molecule has 0 rings (SSSR count). The van der Waals surface area contributed by atoms with Gasteiger partial charge in [0.15, 0.2) is 0 Å². The van der Waals surface area contributed by atoms with Gasteiger partial charge in [-0.25, -0.2) is 0 Å². The highest BCUT2D eigenvalue weighted by Crippen LogP contribution is 2.32. The quantitative estimate of drug-likeness (QED) is 0.430. The molecule has 0 fully saturated rings. The zero-order valence-electron chi connectivity index (χ0n) is 3.97. The molecule has 3 nitrogen and oxygen atoms in total. The Morgan fingerprint density at radius 3 is 2.11 bits per heavy atom. The zero-order valence-corrected chi connectivity index (χ0v) is 7.24. The zero-order chi connectivity index (χ0) is 7.49. The fraction of sp³-hybridized carbons (Fsp3) is 1.00. The van der Waals surface area contributed by atoms with E-state index in [2.05, 4.69) is 4.52 Å². The largest absolute Gasteiger partial charge is 0.497 e. The van der Waals surface area contributed by atoms with Gasteiger partial charge < -0.3 is 5.11 Å². The molecule has 0 aliphatic rings. The second kappa shape index (κ2) is 3.91. The van der Waals surface area contributed by atoms with Gasteiger partial charge in [0, 0.05) is 0 Å². The van der Waals surface area contributed by atoms with Gasteiger partial charge in [-0.2, -0.15) is 0 Å². The van der Waals surface area contributed by atoms with Gasteiger partial charge in [0.05, 0.1) is 0 Å². The Labute approximate surface area is 68.1 Å². The van der Waals surface area contributed by atoms with Gasteiger partial charge in [0.2, 0.25) is 3.79 Å². The lowest BCUT2D eigenvalue weighted by Gasteiger charge is -2.10. The number of aliphatic hydroxyl groups is 1. The first-order valence-electron chi connectivity index (χ1n) is 1.76. The number of rotatable bonds is 2. The Morgan fingerprint density at radius 2 is 2.00 bits per heavy atom. The Bertz CT molecular complexity index is 102. The Balaban J connectivity index is 3.72. The smallest absolute Gasteiger partial charge is 0.361 e. The standard InChI is InChI=1S/C2H3Cl3O3P/c3-2(4,5)1(6)8-9-7/h1,6,9H/q+1. The molecular formula is C2H3Cl3O3P+. The van der Waals surface area contributed by atoms with Crippen LogP contribution in [0.3, 0.4) is 0 Å². The highest BCUT2D eigenvalue weighted by atomic mass is 35.6. The van der Waals surface area contributed by atoms with E-state index >= 15 is 0 Å². The van der Waals surface area contributed by atoms with Crippen molar-refractivity contribution in [2.75, 3.05) is 0 Å². The van der Waals surface area contributed by atoms with E-state index in [-0.39, 0.29) is 0 Å². The lowest BCUT2D eigenvalue weighted by atomic mass is 10.8. The minimum Gasteiger partial charge on any atom is -0.361 e. The lowest BCUT2D eigenvalue weighted by molar-refractivity contribution is -0.00306. The first-order chi connectivity index (χ1) is 3.98. The van der Waals surface area contributed by atoms with Crippen LogP contribution in [0.25, 0.3) is 0 Å². The van der Waals surface area contributed by atoms with E-state index in [1.165, 1.54) is 0 Å². The van der Waals surface area contributed by atoms with E-state index < -0.39 is 18.8 Å². The molecule has 0 heterocycles. The molecule has 0 aromatic heterocycles. The first kappa shape index (κ1) is 9.89. The number of alkyl halides is 3. The fourth-order valence-corrected chi connectivity index (χ4v) is 0.738. The van der Waals surface area contributed by atoms with Crippen LogP contribution in [0, 0.1) is 0 Å². The molecule has 0 saturated carbocycles. The van der Waals surface area contributed by atoms with Gasteiger partial charge in [-0.15, -0.1) is 4.52 Å². The van der Waals surface area contributed by atoms with E-state index in [1.807, 2.05) is 0 Å². The molecule has 0 spiro atoms. The molecule has 0 radical (unpaired) electrons. The highest BCUT2D eigenvalue weighted by molar-refractivity contribution is 7.17. The van der Waals surface area contributed by atoms with Crippen LogP contribution in [0.4, 0.5) is 0 Å². The minimum absolute atomic E-state index is 1.14. The van der Waals surface area contributed by atoms with Crippen LogP contribution in [-0.2, 0) is 9.09 Å². The fourth-order valence-electron chi connectivity index (χ4n) is 0.112. The summed E-state index contributed by atoms with van der Waals surface area (Å²) in [6.45, 7) is 0. The molecule has 2 atom stereocenters. The van der Waals surface area contributed by atoms with Crippen LogP contribution in [0.5, 0.6) is 0 Å². The van der Waals surface area contributed by atoms with Crippen molar-refractivity contribution >= 4 is 43.5 Å². The van der Waals surface area contributed by atoms with Gasteiger partial charge in [0.1, 0.15) is 0 Å². The summed E-state index contributed by atoms with van der Waals surface area (Å²) in [5, 5.41) is 8.57. The van der Waals surface area contributed by atoms with Crippen molar-refractivity contribution in [3.8, 4) is 0 Å². The monoisotopic (exact) mass is 211 g/mol. The Hall–Kier alpha value is 0.890. The second-order valence-electron chi connectivity index (χ2n) is 1.10. The van der Waals surface area contributed by atoms with Crippen molar-refractivity contribution in [3.63, 3.8) is 0 Å². The summed E-state index contributed by atoms with van der Waals surface area (Å²) in [5.74, 6) is 0. The van der Waals surface area contributed by atoms with Crippen LogP contribution >= 0.6 is 43.5 Å². The van der Waals surface area contributed by atoms with E-state index in [9.17, 15) is 4.57 Å². The maximum atomic E-state index is 9.66. The molecule has 0 aliphatic heterocycles. The predicted molar refractivity (Wildman–Crippen MR) is 36.4 cm³/mol. The molecule has 0 amide bonds. The van der Waals surface area contributed by atoms with Crippen LogP contribution in [0.1, 0.15) is 0 Å². The van der Waals surface area contributed by atoms with Crippen molar-refractivity contribution in [2.24, 2.45) is 0 Å². The molecule has 1 N–H and O–H groups in total. The number of hydrogen-bond donors (Lipinski definition) is 1. The maximum Gasteiger partial charge on any atom is 0.497 e. The van der Waals surface area contributed by atoms with Crippen molar-refractivity contribution in [2.45, 2.75) is 10.1 Å². The lowest BCUT2D eigenvalue weighted by Crippen LogP contribution is -2.24. The number of hydrogen-bond acceptors (Lipinski definition) is 3. The summed E-state index contributed by atoms with van der Waals surface area (Å²) in [4.78, 5) is 0. The van der Waals surface area contributed by atoms with Crippen LogP contribution < -0.4 is 0 Å². The second-order valence-corrected chi connectivity index (χ2v) is 3.87. The molecular weight excluding hydrogens is 209 g/mol. The van der Waals surface area contributed by atoms with Gasteiger partial charge in [-0.3, -0.25) is 0 Å². The molecule has 0 aliphatic carbocycles. The summed E-state index contributed by atoms with van der Waals surface area (Å²) < 4.78 is 11.8. The summed E-state index contributed by atoms with van der Waals surface area (Å²) >= 11 is 15.3. The molecule has 0 bridgehead atoms. The average molecular weight is 212 g/mol. The molecule has 0 saturated heterocycles. The molecule has 0 aromatic carbocycles. The van der Waals surface area contributed by atoms with E-state index in [1.54, 1.807) is 0 Å². The van der Waals surface area contributed by atoms with E-state index in [0.717, 1.165) is 0 Å². The topological polar surface area (TPSA) is 46.5 Å². The van der Waals surface area contributed by atoms with Crippen molar-refractivity contribution < 1.29 is 14.2 Å². The predicted octanol–water partition coefficient (Wildman–Crippen LogP) is 1.63. The Kier molecular flexibility index (Phi) is 4.30. The third-order valence-corrected chi connectivity index (χ3v) is 1.32. The Morgan fingerprint density at radius 1 is 1.56 bits per heavy atom. The molecule has 54 valence electrons. The highest BCUT2D eigenvalue weighted by Gasteiger charge is 2.34. The van der Waals surface area contributed by atoms with Crippen LogP contribution in [0.2, 0.25) is 0 Å². The van der Waals surface area contributed by atoms with Gasteiger partial charge in [-0.05, 0) is 4.57 Å². The van der Waals surface area contributed by atoms with Crippen molar-refractivity contribution in [1.29, 1.82) is 0 Å². The molecule has 7 heteroatoms. The summed E-state index contributed by atoms with van der Waals surface area (Å²) in [7, 11) is -1.14. The third kappa shape index (κ3) is 4.31. The van der Waals surface area contributed by atoms with Gasteiger partial charge in [-0.1, -0.05) is 34.8 Å². The summed E-state index contributed by atoms with van der Waals surface area (Å²) in [5.41, 5.74) is 0. The summed E-state index contributed by atoms with van der Waals surface area (Å²) in [6.07, 6.45) is -1.64. The maximum absolute atomic E-state index is 9.66. The van der Waals surface area contributed by atoms with Crippen LogP contribution in [0.15, 0.2) is 0 Å². The average Bonchev–Trinajstić information content (AvgIpc) is 1.64. The third-order valence-electron chi connectivity index (χ3n) is 0.440. The molecule has 2 unspecified atom stereocenters. The first-order valence-corrected chi connectivity index (χ1v) is 3.71. The van der Waals surface area contributed by atoms with E-state index in [0.29, 0.717) is 0 Å². The summed E-state index contributed by atoms with van der Waals surface area (Å²) in [6, 6.07) is 0. The van der Waals surface area contributed by atoms with Crippen LogP contribution in [-0.4, -0.2) is 15.2 Å².